The fourth-order valence-corrected chi connectivity index (χ4v) is 4.11. The van der Waals surface area contributed by atoms with Crippen LogP contribution in [0.3, 0.4) is 0 Å². The van der Waals surface area contributed by atoms with Gasteiger partial charge in [-0.05, 0) is 42.6 Å². The third-order valence-corrected chi connectivity index (χ3v) is 6.10. The van der Waals surface area contributed by atoms with Crippen LogP contribution in [0.2, 0.25) is 0 Å². The third-order valence-electron chi connectivity index (χ3n) is 5.56. The van der Waals surface area contributed by atoms with E-state index in [2.05, 4.69) is 54.7 Å². The zero-order chi connectivity index (χ0) is 19.1. The summed E-state index contributed by atoms with van der Waals surface area (Å²) in [5.74, 6) is 0.465. The van der Waals surface area contributed by atoms with Crippen LogP contribution >= 0.6 is 12.6 Å². The minimum absolute atomic E-state index is 0.0653. The van der Waals surface area contributed by atoms with Gasteiger partial charge in [0.2, 0.25) is 5.91 Å². The van der Waals surface area contributed by atoms with Gasteiger partial charge in [-0.2, -0.15) is 12.6 Å². The van der Waals surface area contributed by atoms with Crippen LogP contribution in [0.15, 0.2) is 36.8 Å². The van der Waals surface area contributed by atoms with E-state index in [0.717, 1.165) is 41.5 Å². The van der Waals surface area contributed by atoms with Gasteiger partial charge in [0.15, 0.2) is 0 Å². The van der Waals surface area contributed by atoms with Crippen LogP contribution < -0.4 is 0 Å². The van der Waals surface area contributed by atoms with Gasteiger partial charge in [-0.3, -0.25) is 14.3 Å². The van der Waals surface area contributed by atoms with Crippen molar-refractivity contribution >= 4 is 29.4 Å². The van der Waals surface area contributed by atoms with Crippen molar-refractivity contribution < 1.29 is 4.79 Å². The first kappa shape index (κ1) is 18.3. The summed E-state index contributed by atoms with van der Waals surface area (Å²) in [6.45, 7) is 6.07. The van der Waals surface area contributed by atoms with Gasteiger partial charge < -0.3 is 4.90 Å². The summed E-state index contributed by atoms with van der Waals surface area (Å²) < 4.78 is 1.75. The van der Waals surface area contributed by atoms with Crippen molar-refractivity contribution in [2.24, 2.45) is 5.92 Å². The zero-order valence-electron chi connectivity index (χ0n) is 16.1. The van der Waals surface area contributed by atoms with Gasteiger partial charge in [0.25, 0.3) is 0 Å². The molecule has 1 aromatic carbocycles. The van der Waals surface area contributed by atoms with Crippen molar-refractivity contribution in [3.05, 3.63) is 53.5 Å². The van der Waals surface area contributed by atoms with Crippen LogP contribution in [-0.2, 0) is 13.0 Å². The quantitative estimate of drug-likeness (QED) is 0.693. The van der Waals surface area contributed by atoms with Crippen LogP contribution in [0.4, 0.5) is 0 Å². The lowest BCUT2D eigenvalue weighted by Gasteiger charge is -2.25. The number of carbonyl (C=O) groups excluding carboxylic acids is 1. The molecule has 0 spiro atoms. The van der Waals surface area contributed by atoms with Crippen LogP contribution in [0.1, 0.15) is 28.4 Å². The Morgan fingerprint density at radius 2 is 2.11 bits per heavy atom. The summed E-state index contributed by atoms with van der Waals surface area (Å²) in [6, 6.07) is 6.72. The second kappa shape index (κ2) is 7.13. The molecular weight excluding hydrogens is 354 g/mol. The van der Waals surface area contributed by atoms with E-state index in [1.807, 2.05) is 19.3 Å². The molecule has 0 N–H and O–H groups in total. The van der Waals surface area contributed by atoms with Gasteiger partial charge in [-0.25, -0.2) is 0 Å². The second-order valence-corrected chi connectivity index (χ2v) is 8.02. The molecule has 0 unspecified atom stereocenters. The van der Waals surface area contributed by atoms with Crippen molar-refractivity contribution in [1.82, 2.24) is 14.5 Å². The molecule has 27 heavy (non-hydrogen) atoms. The van der Waals surface area contributed by atoms with Crippen molar-refractivity contribution in [1.29, 1.82) is 0 Å². The largest absolute Gasteiger partial charge is 0.302 e. The molecule has 0 bridgehead atoms. The molecule has 1 aliphatic rings. The molecule has 0 saturated carbocycles. The highest BCUT2D eigenvalue weighted by atomic mass is 32.1. The second-order valence-electron chi connectivity index (χ2n) is 7.66. The monoisotopic (exact) mass is 379 g/mol. The number of benzene rings is 1. The van der Waals surface area contributed by atoms with Crippen LogP contribution in [0.25, 0.3) is 22.0 Å². The van der Waals surface area contributed by atoms with Crippen molar-refractivity contribution in [3.8, 4) is 11.1 Å². The Morgan fingerprint density at radius 1 is 1.30 bits per heavy atom. The van der Waals surface area contributed by atoms with E-state index in [4.69, 9.17) is 0 Å². The molecule has 0 fully saturated rings. The average molecular weight is 380 g/mol. The average Bonchev–Trinajstić information content (AvgIpc) is 3.03. The lowest BCUT2D eigenvalue weighted by molar-refractivity contribution is 0.0863. The predicted molar refractivity (Wildman–Crippen MR) is 114 cm³/mol. The molecule has 4 rings (SSSR count). The van der Waals surface area contributed by atoms with Gasteiger partial charge in [0.05, 0.1) is 11.7 Å². The fraction of sp³-hybridized carbons (Fsp3) is 0.364. The van der Waals surface area contributed by atoms with Crippen LogP contribution in [0, 0.1) is 12.8 Å². The Morgan fingerprint density at radius 3 is 2.89 bits per heavy atom. The molecule has 0 saturated heterocycles. The number of fused-ring (bicyclic) bond motifs is 2. The summed E-state index contributed by atoms with van der Waals surface area (Å²) in [7, 11) is 2.16. The number of hydrogen-bond donors (Lipinski definition) is 1. The van der Waals surface area contributed by atoms with Crippen molar-refractivity contribution in [2.75, 3.05) is 19.3 Å². The molecule has 1 aliphatic heterocycles. The van der Waals surface area contributed by atoms with E-state index < -0.39 is 0 Å². The number of thiol groups is 1. The number of pyridine rings is 1. The highest BCUT2D eigenvalue weighted by Gasteiger charge is 2.20. The number of hydrogen-bond acceptors (Lipinski definition) is 4. The van der Waals surface area contributed by atoms with Gasteiger partial charge in [-0.1, -0.05) is 25.1 Å². The summed E-state index contributed by atoms with van der Waals surface area (Å²) in [6.07, 6.45) is 6.72. The van der Waals surface area contributed by atoms with Gasteiger partial charge in [0.1, 0.15) is 0 Å². The van der Waals surface area contributed by atoms with Gasteiger partial charge in [0, 0.05) is 48.1 Å². The van der Waals surface area contributed by atoms with E-state index in [1.165, 1.54) is 16.7 Å². The van der Waals surface area contributed by atoms with Crippen molar-refractivity contribution in [2.45, 2.75) is 26.8 Å². The topological polar surface area (TPSA) is 38.1 Å². The van der Waals surface area contributed by atoms with Crippen LogP contribution in [-0.4, -0.2) is 39.7 Å². The fourth-order valence-electron chi connectivity index (χ4n) is 3.95. The molecule has 3 aromatic rings. The Hall–Kier alpha value is -2.11. The highest BCUT2D eigenvalue weighted by molar-refractivity contribution is 7.80. The maximum Gasteiger partial charge on any atom is 0.234 e. The number of nitrogens with zero attached hydrogens (tertiary/aromatic N) is 3. The zero-order valence-corrected chi connectivity index (χ0v) is 17.0. The first-order valence-electron chi connectivity index (χ1n) is 9.41. The number of likely N-dealkylation sites (N-methyl/N-ethyl adjacent to an activating group) is 1. The SMILES string of the molecule is Cc1cn(C(=O)[C@H](C)CS)c2cncc(-c3ccc4c(c3)CCN(C)C4)c12. The predicted octanol–water partition coefficient (Wildman–Crippen LogP) is 4.21. The molecule has 2 aromatic heterocycles. The first-order chi connectivity index (χ1) is 13.0. The Bertz CT molecular complexity index is 1020. The molecule has 3 heterocycles. The summed E-state index contributed by atoms with van der Waals surface area (Å²) in [5.41, 5.74) is 7.06. The molecule has 4 nitrogen and oxygen atoms in total. The van der Waals surface area contributed by atoms with E-state index in [1.54, 1.807) is 10.8 Å². The van der Waals surface area contributed by atoms with E-state index in [0.29, 0.717) is 5.75 Å². The number of aryl methyl sites for hydroxylation is 1. The smallest absolute Gasteiger partial charge is 0.234 e. The van der Waals surface area contributed by atoms with Crippen molar-refractivity contribution in [3.63, 3.8) is 0 Å². The molecule has 0 radical (unpaired) electrons. The lowest BCUT2D eigenvalue weighted by atomic mass is 9.94. The first-order valence-corrected chi connectivity index (χ1v) is 10.0. The number of carbonyl (C=O) groups is 1. The maximum atomic E-state index is 12.8. The number of rotatable bonds is 3. The summed E-state index contributed by atoms with van der Waals surface area (Å²) in [4.78, 5) is 19.6. The number of aromatic nitrogens is 2. The van der Waals surface area contributed by atoms with E-state index in [-0.39, 0.29) is 11.8 Å². The molecule has 1 atom stereocenters. The maximum absolute atomic E-state index is 12.8. The third kappa shape index (κ3) is 3.19. The summed E-state index contributed by atoms with van der Waals surface area (Å²) >= 11 is 4.28. The molecular formula is C22H25N3OS. The molecule has 140 valence electrons. The van der Waals surface area contributed by atoms with E-state index >= 15 is 0 Å². The van der Waals surface area contributed by atoms with Crippen LogP contribution in [0.5, 0.6) is 0 Å². The van der Waals surface area contributed by atoms with Gasteiger partial charge in [-0.15, -0.1) is 0 Å². The Balaban J connectivity index is 1.84. The molecule has 0 aliphatic carbocycles. The standard InChI is InChI=1S/C22H25N3OS/c1-14-11-25(22(26)15(2)13-27)20-10-23-9-19(21(14)20)17-4-5-18-12-24(3)7-6-16(18)8-17/h4-5,8-11,15,27H,6-7,12-13H2,1-3H3/t15-/m1/s1. The normalized spacial score (nSPS) is 15.7. The summed E-state index contributed by atoms with van der Waals surface area (Å²) in [5, 5.41) is 1.11. The molecule has 5 heteroatoms. The minimum Gasteiger partial charge on any atom is -0.302 e. The Kier molecular flexibility index (Phi) is 4.82. The Labute approximate surface area is 165 Å². The van der Waals surface area contributed by atoms with E-state index in [9.17, 15) is 4.79 Å². The lowest BCUT2D eigenvalue weighted by Crippen LogP contribution is -2.26. The highest BCUT2D eigenvalue weighted by Crippen LogP contribution is 2.33. The minimum atomic E-state index is -0.132. The molecule has 0 amide bonds. The van der Waals surface area contributed by atoms with Gasteiger partial charge >= 0.3 is 0 Å².